The van der Waals surface area contributed by atoms with Crippen molar-refractivity contribution in [2.24, 2.45) is 0 Å². The van der Waals surface area contributed by atoms with Gasteiger partial charge in [-0.05, 0) is 66.6 Å². The fraction of sp³-hybridized carbons (Fsp3) is 0.111. The first kappa shape index (κ1) is 19.4. The number of ether oxygens (including phenoxy) is 1. The molecule has 0 amide bonds. The predicted molar refractivity (Wildman–Crippen MR) is 127 cm³/mol. The van der Waals surface area contributed by atoms with Crippen molar-refractivity contribution in [3.8, 4) is 5.75 Å². The summed E-state index contributed by atoms with van der Waals surface area (Å²) in [4.78, 5) is 0. The van der Waals surface area contributed by atoms with Crippen molar-refractivity contribution in [2.75, 3.05) is 7.11 Å². The van der Waals surface area contributed by atoms with Crippen LogP contribution >= 0.6 is 7.26 Å². The van der Waals surface area contributed by atoms with E-state index < -0.39 is 7.26 Å². The lowest BCUT2D eigenvalue weighted by Crippen LogP contribution is -2.32. The summed E-state index contributed by atoms with van der Waals surface area (Å²) in [6.45, 7) is 2.12. The zero-order valence-corrected chi connectivity index (χ0v) is 17.8. The van der Waals surface area contributed by atoms with Gasteiger partial charge in [0.2, 0.25) is 0 Å². The van der Waals surface area contributed by atoms with Gasteiger partial charge in [0, 0.05) is 0 Å². The number of aryl methyl sites for hydroxylation is 1. The molecule has 0 aliphatic rings. The van der Waals surface area contributed by atoms with Gasteiger partial charge in [0.05, 0.1) is 13.3 Å². The molecule has 144 valence electrons. The van der Waals surface area contributed by atoms with E-state index in [-0.39, 0.29) is 0 Å². The van der Waals surface area contributed by atoms with E-state index in [9.17, 15) is 0 Å². The summed E-state index contributed by atoms with van der Waals surface area (Å²) in [7, 11) is -0.126. The molecule has 2 heteroatoms. The lowest BCUT2D eigenvalue weighted by atomic mass is 10.1. The summed E-state index contributed by atoms with van der Waals surface area (Å²) in [5.74, 6) is 0.941. The molecule has 1 nitrogen and oxygen atoms in total. The molecule has 0 unspecified atom stereocenters. The van der Waals surface area contributed by atoms with Crippen molar-refractivity contribution in [1.29, 1.82) is 0 Å². The molecule has 4 aromatic rings. The first-order chi connectivity index (χ1) is 14.2. The number of hydrogen-bond acceptors (Lipinski definition) is 1. The monoisotopic (exact) mass is 397 g/mol. The van der Waals surface area contributed by atoms with Crippen molar-refractivity contribution in [3.05, 3.63) is 120 Å². The quantitative estimate of drug-likeness (QED) is 0.391. The molecule has 0 heterocycles. The molecule has 0 radical (unpaired) electrons. The molecule has 0 bridgehead atoms. The van der Waals surface area contributed by atoms with Gasteiger partial charge in [-0.25, -0.2) is 0 Å². The Morgan fingerprint density at radius 3 is 1.45 bits per heavy atom. The summed E-state index contributed by atoms with van der Waals surface area (Å²) in [6, 6.07) is 39.7. The van der Waals surface area contributed by atoms with Crippen LogP contribution in [-0.4, -0.2) is 7.11 Å². The molecule has 0 saturated carbocycles. The molecule has 0 saturated heterocycles. The summed E-state index contributed by atoms with van der Waals surface area (Å²) in [5.41, 5.74) is 2.52. The van der Waals surface area contributed by atoms with Gasteiger partial charge in [0.1, 0.15) is 28.9 Å². The molecule has 0 atom stereocenters. The normalized spacial score (nSPS) is 11.2. The van der Waals surface area contributed by atoms with Crippen molar-refractivity contribution in [1.82, 2.24) is 0 Å². The second-order valence-corrected chi connectivity index (χ2v) is 10.8. The van der Waals surface area contributed by atoms with Gasteiger partial charge in [-0.1, -0.05) is 60.7 Å². The molecular formula is C27H26OP+. The van der Waals surface area contributed by atoms with Crippen LogP contribution in [0.3, 0.4) is 0 Å². The van der Waals surface area contributed by atoms with Gasteiger partial charge in [-0.2, -0.15) is 0 Å². The van der Waals surface area contributed by atoms with Crippen LogP contribution in [-0.2, 0) is 6.16 Å². The largest absolute Gasteiger partial charge is 0.496 e. The highest BCUT2D eigenvalue weighted by atomic mass is 31.2. The average Bonchev–Trinajstić information content (AvgIpc) is 2.79. The van der Waals surface area contributed by atoms with E-state index in [1.54, 1.807) is 7.11 Å². The Balaban J connectivity index is 1.96. The molecule has 0 fully saturated rings. The maximum Gasteiger partial charge on any atom is 0.121 e. The second kappa shape index (κ2) is 8.64. The fourth-order valence-electron chi connectivity index (χ4n) is 4.08. The van der Waals surface area contributed by atoms with E-state index in [1.807, 2.05) is 0 Å². The standard InChI is InChI=1S/C27H26OP/c1-22-20-23(18-19-27(22)28-2)21-29(24-12-6-3-7-13-24,25-14-8-4-9-15-25)26-16-10-5-11-17-26/h3-20H,21H2,1-2H3/q+1. The number of hydrogen-bond donors (Lipinski definition) is 0. The Kier molecular flexibility index (Phi) is 5.79. The van der Waals surface area contributed by atoms with E-state index in [1.165, 1.54) is 27.0 Å². The third-order valence-electron chi connectivity index (χ3n) is 5.47. The summed E-state index contributed by atoms with van der Waals surface area (Å²) in [6.07, 6.45) is 0.982. The molecule has 0 aliphatic heterocycles. The maximum absolute atomic E-state index is 5.49. The summed E-state index contributed by atoms with van der Waals surface area (Å²) < 4.78 is 5.49. The highest BCUT2D eigenvalue weighted by Gasteiger charge is 2.45. The van der Waals surface area contributed by atoms with Crippen LogP contribution < -0.4 is 20.7 Å². The molecule has 0 aromatic heterocycles. The number of rotatable bonds is 6. The van der Waals surface area contributed by atoms with Crippen LogP contribution in [0.25, 0.3) is 0 Å². The maximum atomic E-state index is 5.49. The Morgan fingerprint density at radius 2 is 1.07 bits per heavy atom. The first-order valence-electron chi connectivity index (χ1n) is 9.92. The van der Waals surface area contributed by atoms with Gasteiger partial charge in [0.25, 0.3) is 0 Å². The lowest BCUT2D eigenvalue weighted by Gasteiger charge is -2.28. The predicted octanol–water partition coefficient (Wildman–Crippen LogP) is 5.50. The highest BCUT2D eigenvalue weighted by Crippen LogP contribution is 2.58. The van der Waals surface area contributed by atoms with Crippen molar-refractivity contribution >= 4 is 23.2 Å². The van der Waals surface area contributed by atoms with E-state index in [0.29, 0.717) is 0 Å². The average molecular weight is 397 g/mol. The second-order valence-electron chi connectivity index (χ2n) is 7.28. The lowest BCUT2D eigenvalue weighted by molar-refractivity contribution is 0.411. The topological polar surface area (TPSA) is 9.23 Å². The number of methoxy groups -OCH3 is 1. The third kappa shape index (κ3) is 3.84. The molecule has 4 rings (SSSR count). The van der Waals surface area contributed by atoms with Crippen LogP contribution in [0.2, 0.25) is 0 Å². The molecule has 4 aromatic carbocycles. The SMILES string of the molecule is COc1ccc(C[P+](c2ccccc2)(c2ccccc2)c2ccccc2)cc1C. The Morgan fingerprint density at radius 1 is 0.621 bits per heavy atom. The zero-order valence-electron chi connectivity index (χ0n) is 17.0. The zero-order chi connectivity index (χ0) is 20.1. The van der Waals surface area contributed by atoms with E-state index >= 15 is 0 Å². The van der Waals surface area contributed by atoms with Crippen LogP contribution in [0.5, 0.6) is 5.75 Å². The van der Waals surface area contributed by atoms with E-state index in [4.69, 9.17) is 4.74 Å². The molecule has 0 aliphatic carbocycles. The van der Waals surface area contributed by atoms with Crippen LogP contribution in [0.4, 0.5) is 0 Å². The van der Waals surface area contributed by atoms with Crippen molar-refractivity contribution in [3.63, 3.8) is 0 Å². The van der Waals surface area contributed by atoms with Crippen LogP contribution in [0, 0.1) is 6.92 Å². The highest BCUT2D eigenvalue weighted by molar-refractivity contribution is 7.95. The summed E-state index contributed by atoms with van der Waals surface area (Å²) in [5, 5.41) is 4.22. The minimum atomic E-state index is -1.86. The third-order valence-corrected chi connectivity index (χ3v) is 9.85. The smallest absolute Gasteiger partial charge is 0.121 e. The molecule has 0 spiro atoms. The fourth-order valence-corrected chi connectivity index (χ4v) is 8.31. The van der Waals surface area contributed by atoms with Gasteiger partial charge < -0.3 is 4.74 Å². The molecule has 0 N–H and O–H groups in total. The number of benzene rings is 4. The van der Waals surface area contributed by atoms with Crippen molar-refractivity contribution in [2.45, 2.75) is 13.1 Å². The Hall–Kier alpha value is -2.89. The van der Waals surface area contributed by atoms with E-state index in [2.05, 4.69) is 116 Å². The van der Waals surface area contributed by atoms with Gasteiger partial charge in [-0.15, -0.1) is 0 Å². The Bertz CT molecular complexity index is 963. The van der Waals surface area contributed by atoms with Gasteiger partial charge in [-0.3, -0.25) is 0 Å². The summed E-state index contributed by atoms with van der Waals surface area (Å²) >= 11 is 0. The van der Waals surface area contributed by atoms with Gasteiger partial charge >= 0.3 is 0 Å². The van der Waals surface area contributed by atoms with Crippen molar-refractivity contribution < 1.29 is 4.74 Å². The minimum Gasteiger partial charge on any atom is -0.496 e. The van der Waals surface area contributed by atoms with Gasteiger partial charge in [0.15, 0.2) is 0 Å². The first-order valence-corrected chi connectivity index (χ1v) is 11.9. The van der Waals surface area contributed by atoms with E-state index in [0.717, 1.165) is 11.9 Å². The molecule has 29 heavy (non-hydrogen) atoms. The molecular weight excluding hydrogens is 371 g/mol. The Labute approximate surface area is 174 Å². The minimum absolute atomic E-state index is 0.941. The van der Waals surface area contributed by atoms with Crippen LogP contribution in [0.15, 0.2) is 109 Å². The van der Waals surface area contributed by atoms with Crippen LogP contribution in [0.1, 0.15) is 11.1 Å².